The lowest BCUT2D eigenvalue weighted by atomic mass is 9.95. The lowest BCUT2D eigenvalue weighted by Crippen LogP contribution is -2.50. The van der Waals surface area contributed by atoms with Crippen LogP contribution in [-0.2, 0) is 54.4 Å². The smallest absolute Gasteiger partial charge is 0.277 e. The third kappa shape index (κ3) is 23.9. The standard InChI is InChI=1S/C72H103ClN20O10S/c1-89-43-51(84-68(100)57-35-49(41-91(57)3)82-60(94)25-15-27-79-66(98)55-38-53(45-90(55)2)86-71(103)64-63(73)72(104-88-64)81-33-18-30-76-48-23-13-8-14-24-48)37-56(89)67(99)80-34-26-61(95)83-50-36-58(92(4)42-50)69(101)85-52-39-59(93(5)44-52)70(102)87-54(65(97)78-32-17-29-75-47-21-11-7-12-22-47)40-62(96)77-31-16-28-74-46-19-9-6-10-20-46/h35-39,41-48,54,74-76,81H,6-34,40H2,1-5H3,(H,77,96)(H,78,97)(H,79,98)(H,80,99)(H,82,94)(H,83,95)(H,84,100)(H,85,101)(H,86,103)(H,87,102). The summed E-state index contributed by atoms with van der Waals surface area (Å²) >= 11 is 7.67. The van der Waals surface area contributed by atoms with Crippen molar-refractivity contribution in [3.63, 3.8) is 0 Å². The Morgan fingerprint density at radius 3 is 1.25 bits per heavy atom. The van der Waals surface area contributed by atoms with E-state index in [2.05, 4.69) is 78.8 Å². The molecule has 3 saturated carbocycles. The lowest BCUT2D eigenvalue weighted by Gasteiger charge is -2.23. The highest BCUT2D eigenvalue weighted by Gasteiger charge is 2.28. The zero-order valence-corrected chi connectivity index (χ0v) is 61.9. The molecule has 6 aromatic rings. The first-order chi connectivity index (χ1) is 50.1. The predicted octanol–water partition coefficient (Wildman–Crippen LogP) is 7.22. The number of aromatic nitrogens is 6. The Balaban J connectivity index is 0.662. The van der Waals surface area contributed by atoms with Gasteiger partial charge in [-0.3, -0.25) is 47.9 Å². The first-order valence-corrected chi connectivity index (χ1v) is 37.7. The third-order valence-corrected chi connectivity index (χ3v) is 20.3. The molecule has 0 aromatic carbocycles. The van der Waals surface area contributed by atoms with Crippen molar-refractivity contribution in [3.8, 4) is 0 Å². The largest absolute Gasteiger partial charge is 0.374 e. The molecule has 14 N–H and O–H groups in total. The topological polar surface area (TPSA) is 377 Å². The van der Waals surface area contributed by atoms with Crippen molar-refractivity contribution in [2.75, 3.05) is 84.3 Å². The second kappa shape index (κ2) is 39.5. The van der Waals surface area contributed by atoms with Gasteiger partial charge < -0.3 is 97.3 Å². The summed E-state index contributed by atoms with van der Waals surface area (Å²) in [5.74, 6) is -4.74. The van der Waals surface area contributed by atoms with Gasteiger partial charge in [-0.25, -0.2) is 0 Å². The summed E-state index contributed by atoms with van der Waals surface area (Å²) in [6.07, 6.45) is 28.4. The second-order valence-corrected chi connectivity index (χ2v) is 28.5. The molecule has 10 amide bonds. The molecule has 0 spiro atoms. The second-order valence-electron chi connectivity index (χ2n) is 27.3. The Labute approximate surface area is 615 Å². The summed E-state index contributed by atoms with van der Waals surface area (Å²) in [6.45, 7) is 3.99. The van der Waals surface area contributed by atoms with Crippen LogP contribution in [0.1, 0.15) is 204 Å². The molecule has 3 fully saturated rings. The van der Waals surface area contributed by atoms with Gasteiger partial charge in [-0.15, -0.1) is 0 Å². The van der Waals surface area contributed by atoms with E-state index < -0.39 is 53.3 Å². The summed E-state index contributed by atoms with van der Waals surface area (Å²) in [4.78, 5) is 134. The molecule has 9 rings (SSSR count). The van der Waals surface area contributed by atoms with E-state index in [1.165, 1.54) is 115 Å². The van der Waals surface area contributed by atoms with Crippen LogP contribution in [0.3, 0.4) is 0 Å². The van der Waals surface area contributed by atoms with Crippen molar-refractivity contribution in [1.29, 1.82) is 0 Å². The van der Waals surface area contributed by atoms with Gasteiger partial charge in [0.2, 0.25) is 23.6 Å². The molecule has 32 heteroatoms. The van der Waals surface area contributed by atoms with Gasteiger partial charge in [0.1, 0.15) is 44.5 Å². The maximum Gasteiger partial charge on any atom is 0.277 e. The molecule has 1 unspecified atom stereocenters. The monoisotopic (exact) mass is 1470 g/mol. The Hall–Kier alpha value is -9.30. The number of aryl methyl sites for hydroxylation is 5. The van der Waals surface area contributed by atoms with Crippen molar-refractivity contribution < 1.29 is 47.9 Å². The van der Waals surface area contributed by atoms with E-state index in [-0.39, 0.29) is 89.0 Å². The van der Waals surface area contributed by atoms with Crippen LogP contribution >= 0.6 is 23.1 Å². The number of amides is 10. The van der Waals surface area contributed by atoms with E-state index in [1.54, 1.807) is 75.4 Å². The normalized spacial score (nSPS) is 14.6. The van der Waals surface area contributed by atoms with Gasteiger partial charge in [-0.05, 0) is 126 Å². The Kier molecular flexibility index (Phi) is 30.0. The fourth-order valence-electron chi connectivity index (χ4n) is 13.3. The molecule has 0 bridgehead atoms. The molecule has 0 radical (unpaired) electrons. The number of carbonyl (C=O) groups is 10. The predicted molar refractivity (Wildman–Crippen MR) is 403 cm³/mol. The molecule has 0 aliphatic heterocycles. The van der Waals surface area contributed by atoms with Gasteiger partial charge in [0.15, 0.2) is 5.69 Å². The minimum absolute atomic E-state index is 0.0521. The summed E-state index contributed by atoms with van der Waals surface area (Å²) in [5.41, 5.74) is 2.73. The van der Waals surface area contributed by atoms with E-state index in [1.807, 2.05) is 0 Å². The number of hydrogen-bond acceptors (Lipinski definition) is 16. The van der Waals surface area contributed by atoms with E-state index in [9.17, 15) is 47.9 Å². The van der Waals surface area contributed by atoms with E-state index in [4.69, 9.17) is 11.6 Å². The summed E-state index contributed by atoms with van der Waals surface area (Å²) < 4.78 is 11.9. The molecular formula is C72H103ClN20O10S. The van der Waals surface area contributed by atoms with Crippen molar-refractivity contribution in [1.82, 2.24) is 69.7 Å². The van der Waals surface area contributed by atoms with E-state index >= 15 is 0 Å². The number of carbonyl (C=O) groups excluding carboxylic acids is 10. The molecular weight excluding hydrogens is 1370 g/mol. The van der Waals surface area contributed by atoms with Crippen molar-refractivity contribution in [3.05, 3.63) is 101 Å². The van der Waals surface area contributed by atoms with Gasteiger partial charge in [-0.1, -0.05) is 69.4 Å². The first-order valence-electron chi connectivity index (χ1n) is 36.5. The number of anilines is 6. The van der Waals surface area contributed by atoms with Gasteiger partial charge >= 0.3 is 0 Å². The van der Waals surface area contributed by atoms with Crippen LogP contribution in [0.4, 0.5) is 33.4 Å². The van der Waals surface area contributed by atoms with Crippen LogP contribution < -0.4 is 74.4 Å². The van der Waals surface area contributed by atoms with Gasteiger partial charge in [0.25, 0.3) is 35.4 Å². The number of nitrogens with zero attached hydrogens (tertiary/aromatic N) is 6. The molecule has 564 valence electrons. The van der Waals surface area contributed by atoms with Gasteiger partial charge in [0.05, 0.1) is 34.9 Å². The SMILES string of the molecule is Cn1cc(NC(=O)c2nsc(NCCCNC3CCCCC3)c2Cl)cc1C(=O)NCCCC(=O)Nc1cc(C(=O)Nc2cc(C(=O)NCCC(=O)Nc3cc(C(=O)Nc4cc(C(=O)NC(CC(=O)NCCCNC5CCCCC5)C(=O)NCCCNC5CCCCC5)n(C)c4)n(C)c3)n(C)c2)n(C)c1. The third-order valence-electron chi connectivity index (χ3n) is 19.0. The quantitative estimate of drug-likeness (QED) is 0.0170. The number of halogens is 1. The number of hydrogen-bond donors (Lipinski definition) is 14. The maximum absolute atomic E-state index is 13.8. The maximum atomic E-state index is 13.8. The Morgan fingerprint density at radius 1 is 0.413 bits per heavy atom. The van der Waals surface area contributed by atoms with Gasteiger partial charge in [0, 0.05) is 130 Å². The lowest BCUT2D eigenvalue weighted by molar-refractivity contribution is -0.128. The zero-order valence-electron chi connectivity index (χ0n) is 60.3. The van der Waals surface area contributed by atoms with Crippen LogP contribution in [-0.4, -0.2) is 163 Å². The molecule has 6 heterocycles. The Bertz CT molecular complexity index is 3940. The van der Waals surface area contributed by atoms with E-state index in [0.717, 1.165) is 69.7 Å². The van der Waals surface area contributed by atoms with Crippen LogP contribution in [0.5, 0.6) is 0 Å². The van der Waals surface area contributed by atoms with Crippen molar-refractivity contribution >= 4 is 116 Å². The van der Waals surface area contributed by atoms with Crippen molar-refractivity contribution in [2.24, 2.45) is 35.2 Å². The fraction of sp³-hybridized carbons (Fsp3) is 0.542. The average Bonchev–Trinajstić information content (AvgIpc) is 1.69. The number of nitrogens with one attached hydrogen (secondary N) is 14. The zero-order chi connectivity index (χ0) is 74.1. The molecule has 1 atom stereocenters. The highest BCUT2D eigenvalue weighted by Crippen LogP contribution is 2.31. The Morgan fingerprint density at radius 2 is 0.788 bits per heavy atom. The van der Waals surface area contributed by atoms with Crippen LogP contribution in [0.2, 0.25) is 5.02 Å². The van der Waals surface area contributed by atoms with E-state index in [0.29, 0.717) is 78.4 Å². The van der Waals surface area contributed by atoms with Crippen LogP contribution in [0, 0.1) is 0 Å². The number of rotatable bonds is 38. The van der Waals surface area contributed by atoms with Gasteiger partial charge in [-0.2, -0.15) is 4.37 Å². The highest BCUT2D eigenvalue weighted by molar-refractivity contribution is 7.11. The average molecular weight is 1480 g/mol. The fourth-order valence-corrected chi connectivity index (χ4v) is 14.4. The summed E-state index contributed by atoms with van der Waals surface area (Å²) in [7, 11) is 8.19. The molecule has 6 aromatic heterocycles. The molecule has 3 aliphatic rings. The van der Waals surface area contributed by atoms with Crippen LogP contribution in [0.15, 0.2) is 61.3 Å². The first kappa shape index (κ1) is 78.8. The minimum atomic E-state index is -1.17. The summed E-state index contributed by atoms with van der Waals surface area (Å²) in [5, 5.41) is 42.9. The molecule has 0 saturated heterocycles. The minimum Gasteiger partial charge on any atom is -0.374 e. The molecule has 104 heavy (non-hydrogen) atoms. The highest BCUT2D eigenvalue weighted by atomic mass is 35.5. The molecule has 30 nitrogen and oxygen atoms in total. The van der Waals surface area contributed by atoms with Crippen LogP contribution in [0.25, 0.3) is 0 Å². The molecule has 3 aliphatic carbocycles. The summed E-state index contributed by atoms with van der Waals surface area (Å²) in [6, 6.07) is 7.88. The van der Waals surface area contributed by atoms with Crippen molar-refractivity contribution in [2.45, 2.75) is 165 Å².